The summed E-state index contributed by atoms with van der Waals surface area (Å²) in [7, 11) is -3.73. The SMILES string of the molecule is O=C(NC(=S)Nc1cc(S(=O)(=O)N2CCOCC2)ccc1N1CCCC1)c1cc(-c2ccco2)nc2ccccc12. The van der Waals surface area contributed by atoms with Crippen LogP contribution in [-0.4, -0.2) is 68.1 Å². The predicted octanol–water partition coefficient (Wildman–Crippen LogP) is 4.24. The van der Waals surface area contributed by atoms with E-state index in [2.05, 4.69) is 20.5 Å². The van der Waals surface area contributed by atoms with Gasteiger partial charge in [-0.15, -0.1) is 0 Å². The quantitative estimate of drug-likeness (QED) is 0.318. The molecule has 12 heteroatoms. The lowest BCUT2D eigenvalue weighted by Gasteiger charge is -2.27. The van der Waals surface area contributed by atoms with Gasteiger partial charge in [0.2, 0.25) is 10.0 Å². The highest BCUT2D eigenvalue weighted by Crippen LogP contribution is 2.33. The van der Waals surface area contributed by atoms with Gasteiger partial charge in [0.25, 0.3) is 5.91 Å². The van der Waals surface area contributed by atoms with Crippen LogP contribution < -0.4 is 15.5 Å². The monoisotopic (exact) mass is 591 g/mol. The number of amides is 1. The van der Waals surface area contributed by atoms with Crippen LogP contribution in [0, 0.1) is 0 Å². The van der Waals surface area contributed by atoms with Gasteiger partial charge in [-0.25, -0.2) is 13.4 Å². The fourth-order valence-corrected chi connectivity index (χ4v) is 6.82. The number of carbonyl (C=O) groups excluding carboxylic acids is 1. The van der Waals surface area contributed by atoms with E-state index in [1.54, 1.807) is 42.7 Å². The largest absolute Gasteiger partial charge is 0.463 e. The standard InChI is InChI=1S/C29H29N5O5S2/c35-28(22-19-25(27-8-5-15-39-27)30-23-7-2-1-6-21(22)23)32-29(40)31-24-18-20(9-10-26(24)33-11-3-4-12-33)41(36,37)34-13-16-38-17-14-34/h1-2,5-10,15,18-19H,3-4,11-14,16-17H2,(H2,31,32,35,40). The van der Waals surface area contributed by atoms with E-state index < -0.39 is 15.9 Å². The minimum absolute atomic E-state index is 0.0526. The fraction of sp³-hybridized carbons (Fsp3) is 0.276. The number of nitrogens with one attached hydrogen (secondary N) is 2. The van der Waals surface area contributed by atoms with E-state index in [4.69, 9.17) is 21.4 Å². The van der Waals surface area contributed by atoms with Crippen LogP contribution in [0.2, 0.25) is 0 Å². The molecular formula is C29H29N5O5S2. The summed E-state index contributed by atoms with van der Waals surface area (Å²) >= 11 is 5.57. The molecule has 0 aliphatic carbocycles. The van der Waals surface area contributed by atoms with Crippen molar-refractivity contribution in [3.63, 3.8) is 0 Å². The van der Waals surface area contributed by atoms with E-state index in [1.807, 2.05) is 24.3 Å². The maximum Gasteiger partial charge on any atom is 0.258 e. The highest BCUT2D eigenvalue weighted by atomic mass is 32.2. The Balaban J connectivity index is 1.29. The maximum atomic E-state index is 13.5. The van der Waals surface area contributed by atoms with Crippen LogP contribution in [0.15, 0.2) is 76.2 Å². The molecule has 212 valence electrons. The summed E-state index contributed by atoms with van der Waals surface area (Å²) in [6.07, 6.45) is 3.64. The second-order valence-corrected chi connectivity index (χ2v) is 12.2. The average Bonchev–Trinajstić information content (AvgIpc) is 3.72. The Kier molecular flexibility index (Phi) is 7.71. The van der Waals surface area contributed by atoms with Crippen LogP contribution in [0.1, 0.15) is 23.2 Å². The summed E-state index contributed by atoms with van der Waals surface area (Å²) in [6, 6.07) is 17.6. The Morgan fingerprint density at radius 1 is 0.951 bits per heavy atom. The number of para-hydroxylation sites is 1. The van der Waals surface area contributed by atoms with Gasteiger partial charge in [0.05, 0.1) is 46.8 Å². The first-order chi connectivity index (χ1) is 19.9. The van der Waals surface area contributed by atoms with E-state index >= 15 is 0 Å². The van der Waals surface area contributed by atoms with Crippen molar-refractivity contribution in [2.45, 2.75) is 17.7 Å². The van der Waals surface area contributed by atoms with Gasteiger partial charge in [-0.1, -0.05) is 18.2 Å². The van der Waals surface area contributed by atoms with E-state index in [0.29, 0.717) is 59.9 Å². The molecular weight excluding hydrogens is 562 g/mol. The molecule has 0 radical (unpaired) electrons. The molecule has 10 nitrogen and oxygen atoms in total. The molecule has 6 rings (SSSR count). The smallest absolute Gasteiger partial charge is 0.258 e. The number of ether oxygens (including phenoxy) is 1. The lowest BCUT2D eigenvalue weighted by atomic mass is 10.1. The number of benzene rings is 2. The molecule has 2 N–H and O–H groups in total. The van der Waals surface area contributed by atoms with Gasteiger partial charge >= 0.3 is 0 Å². The van der Waals surface area contributed by atoms with E-state index in [-0.39, 0.29) is 10.0 Å². The molecule has 0 bridgehead atoms. The molecule has 0 spiro atoms. The van der Waals surface area contributed by atoms with Gasteiger partial charge in [-0.2, -0.15) is 4.31 Å². The third-order valence-corrected chi connectivity index (χ3v) is 9.33. The molecule has 1 amide bonds. The van der Waals surface area contributed by atoms with Crippen LogP contribution in [0.4, 0.5) is 11.4 Å². The second-order valence-electron chi connectivity index (χ2n) is 9.85. The van der Waals surface area contributed by atoms with Crippen molar-refractivity contribution in [2.75, 3.05) is 49.6 Å². The van der Waals surface area contributed by atoms with Gasteiger partial charge in [0.15, 0.2) is 10.9 Å². The van der Waals surface area contributed by atoms with Crippen molar-refractivity contribution in [1.82, 2.24) is 14.6 Å². The minimum Gasteiger partial charge on any atom is -0.463 e. The molecule has 2 aliphatic heterocycles. The zero-order valence-corrected chi connectivity index (χ0v) is 23.8. The Hall–Kier alpha value is -3.84. The number of rotatable bonds is 6. The van der Waals surface area contributed by atoms with Crippen LogP contribution in [0.3, 0.4) is 0 Å². The fourth-order valence-electron chi connectivity index (χ4n) is 5.18. The first-order valence-electron chi connectivity index (χ1n) is 13.4. The summed E-state index contributed by atoms with van der Waals surface area (Å²) in [6.45, 7) is 3.01. The number of thiocarbonyl (C=S) groups is 1. The summed E-state index contributed by atoms with van der Waals surface area (Å²) in [5.41, 5.74) is 2.89. The summed E-state index contributed by atoms with van der Waals surface area (Å²) in [5, 5.41) is 6.61. The van der Waals surface area contributed by atoms with Crippen molar-refractivity contribution in [3.8, 4) is 11.5 Å². The molecule has 2 saturated heterocycles. The molecule has 2 aromatic heterocycles. The topological polar surface area (TPSA) is 117 Å². The zero-order chi connectivity index (χ0) is 28.4. The zero-order valence-electron chi connectivity index (χ0n) is 22.2. The van der Waals surface area contributed by atoms with Gasteiger partial charge in [0, 0.05) is 31.6 Å². The number of sulfonamides is 1. The Bertz CT molecular complexity index is 1700. The number of hydrogen-bond acceptors (Lipinski definition) is 8. The molecule has 4 aromatic rings. The first kappa shape index (κ1) is 27.3. The predicted molar refractivity (Wildman–Crippen MR) is 161 cm³/mol. The summed E-state index contributed by atoms with van der Waals surface area (Å²) in [5.74, 6) is 0.118. The maximum absolute atomic E-state index is 13.5. The molecule has 2 aromatic carbocycles. The number of carbonyl (C=O) groups is 1. The van der Waals surface area contributed by atoms with Crippen molar-refractivity contribution in [3.05, 3.63) is 72.5 Å². The lowest BCUT2D eigenvalue weighted by Crippen LogP contribution is -2.40. The van der Waals surface area contributed by atoms with E-state index in [9.17, 15) is 13.2 Å². The Morgan fingerprint density at radius 3 is 2.49 bits per heavy atom. The second kappa shape index (κ2) is 11.6. The van der Waals surface area contributed by atoms with Crippen LogP contribution >= 0.6 is 12.2 Å². The van der Waals surface area contributed by atoms with Gasteiger partial charge in [-0.3, -0.25) is 10.1 Å². The normalized spacial score (nSPS) is 16.1. The highest BCUT2D eigenvalue weighted by molar-refractivity contribution is 7.89. The number of aromatic nitrogens is 1. The van der Waals surface area contributed by atoms with Crippen LogP contribution in [0.5, 0.6) is 0 Å². The molecule has 2 fully saturated rings. The molecule has 0 saturated carbocycles. The number of fused-ring (bicyclic) bond motifs is 1. The molecule has 41 heavy (non-hydrogen) atoms. The van der Waals surface area contributed by atoms with Gasteiger partial charge in [0.1, 0.15) is 5.69 Å². The Morgan fingerprint density at radius 2 is 1.73 bits per heavy atom. The first-order valence-corrected chi connectivity index (χ1v) is 15.3. The average molecular weight is 592 g/mol. The number of hydrogen-bond donors (Lipinski definition) is 2. The number of nitrogens with zero attached hydrogens (tertiary/aromatic N) is 3. The van der Waals surface area contributed by atoms with Crippen molar-refractivity contribution in [1.29, 1.82) is 0 Å². The van der Waals surface area contributed by atoms with Crippen molar-refractivity contribution in [2.24, 2.45) is 0 Å². The van der Waals surface area contributed by atoms with E-state index in [0.717, 1.165) is 31.6 Å². The van der Waals surface area contributed by atoms with Gasteiger partial charge < -0.3 is 19.4 Å². The molecule has 0 unspecified atom stereocenters. The summed E-state index contributed by atoms with van der Waals surface area (Å²) in [4.78, 5) is 20.5. The van der Waals surface area contributed by atoms with Crippen LogP contribution in [-0.2, 0) is 14.8 Å². The third kappa shape index (κ3) is 5.68. The van der Waals surface area contributed by atoms with Crippen LogP contribution in [0.25, 0.3) is 22.4 Å². The third-order valence-electron chi connectivity index (χ3n) is 7.23. The van der Waals surface area contributed by atoms with E-state index in [1.165, 1.54) is 4.31 Å². The molecule has 4 heterocycles. The molecule has 2 aliphatic rings. The molecule has 0 atom stereocenters. The summed E-state index contributed by atoms with van der Waals surface area (Å²) < 4.78 is 39.0. The minimum atomic E-state index is -3.73. The Labute approximate surface area is 243 Å². The number of pyridine rings is 1. The lowest BCUT2D eigenvalue weighted by molar-refractivity contribution is 0.0730. The number of anilines is 2. The van der Waals surface area contributed by atoms with Crippen molar-refractivity contribution < 1.29 is 22.4 Å². The van der Waals surface area contributed by atoms with Gasteiger partial charge in [-0.05, 0) is 67.5 Å². The number of furan rings is 1. The number of morpholine rings is 1. The highest BCUT2D eigenvalue weighted by Gasteiger charge is 2.28. The van der Waals surface area contributed by atoms with Crippen molar-refractivity contribution >= 4 is 55.5 Å².